The van der Waals surface area contributed by atoms with Crippen molar-refractivity contribution >= 4 is 0 Å². The van der Waals surface area contributed by atoms with E-state index in [9.17, 15) is 0 Å². The fourth-order valence-corrected chi connectivity index (χ4v) is 1.89. The van der Waals surface area contributed by atoms with Gasteiger partial charge in [0.2, 0.25) is 0 Å². The summed E-state index contributed by atoms with van der Waals surface area (Å²) >= 11 is 0. The van der Waals surface area contributed by atoms with Crippen molar-refractivity contribution in [3.8, 4) is 5.69 Å². The predicted octanol–water partition coefficient (Wildman–Crippen LogP) is 1.65. The van der Waals surface area contributed by atoms with Gasteiger partial charge in [-0.3, -0.25) is 4.57 Å². The van der Waals surface area contributed by atoms with E-state index < -0.39 is 0 Å². The van der Waals surface area contributed by atoms with Crippen LogP contribution < -0.4 is 5.32 Å². The van der Waals surface area contributed by atoms with E-state index in [1.807, 2.05) is 38.2 Å². The average molecular weight is 245 g/mol. The van der Waals surface area contributed by atoms with Gasteiger partial charge in [-0.05, 0) is 26.0 Å². The fourth-order valence-electron chi connectivity index (χ4n) is 1.89. The van der Waals surface area contributed by atoms with Crippen LogP contribution in [0.1, 0.15) is 18.4 Å². The highest BCUT2D eigenvalue weighted by molar-refractivity contribution is 5.35. The Hall–Kier alpha value is -1.65. The molecule has 0 saturated heterocycles. The van der Waals surface area contributed by atoms with Crippen LogP contribution in [-0.4, -0.2) is 27.3 Å². The summed E-state index contributed by atoms with van der Waals surface area (Å²) in [7, 11) is 0. The van der Waals surface area contributed by atoms with Gasteiger partial charge in [0, 0.05) is 18.3 Å². The number of aromatic nitrogens is 2. The number of aliphatic hydroxyl groups is 1. The third-order valence-electron chi connectivity index (χ3n) is 2.93. The van der Waals surface area contributed by atoms with Gasteiger partial charge in [0.25, 0.3) is 0 Å². The highest BCUT2D eigenvalue weighted by atomic mass is 16.3. The van der Waals surface area contributed by atoms with Crippen LogP contribution in [0.15, 0.2) is 36.5 Å². The third-order valence-corrected chi connectivity index (χ3v) is 2.93. The maximum Gasteiger partial charge on any atom is 0.110 e. The zero-order valence-corrected chi connectivity index (χ0v) is 10.8. The van der Waals surface area contributed by atoms with Gasteiger partial charge in [-0.1, -0.05) is 18.2 Å². The molecule has 0 aliphatic carbocycles. The first kappa shape index (κ1) is 12.8. The smallest absolute Gasteiger partial charge is 0.110 e. The summed E-state index contributed by atoms with van der Waals surface area (Å²) in [4.78, 5) is 4.36. The summed E-state index contributed by atoms with van der Waals surface area (Å²) < 4.78 is 2.12. The minimum absolute atomic E-state index is 0.0874. The van der Waals surface area contributed by atoms with Gasteiger partial charge < -0.3 is 10.4 Å². The van der Waals surface area contributed by atoms with Gasteiger partial charge in [0.1, 0.15) is 5.82 Å². The van der Waals surface area contributed by atoms with Crippen LogP contribution in [0.3, 0.4) is 0 Å². The molecule has 0 spiro atoms. The van der Waals surface area contributed by atoms with Crippen LogP contribution in [0, 0.1) is 6.92 Å². The number of para-hydroxylation sites is 1. The van der Waals surface area contributed by atoms with Crippen LogP contribution in [0.5, 0.6) is 0 Å². The summed E-state index contributed by atoms with van der Waals surface area (Å²) in [5.74, 6) is 0.967. The quantitative estimate of drug-likeness (QED) is 0.842. The number of hydrogen-bond donors (Lipinski definition) is 2. The number of benzene rings is 1. The van der Waals surface area contributed by atoms with E-state index in [1.165, 1.54) is 0 Å². The maximum absolute atomic E-state index is 9.02. The molecule has 0 saturated carbocycles. The summed E-state index contributed by atoms with van der Waals surface area (Å²) in [6.07, 6.45) is 1.87. The first-order valence-electron chi connectivity index (χ1n) is 6.15. The molecule has 1 aromatic heterocycles. The monoisotopic (exact) mass is 245 g/mol. The molecule has 0 aliphatic heterocycles. The Balaban J connectivity index is 2.23. The van der Waals surface area contributed by atoms with E-state index in [0.29, 0.717) is 6.54 Å². The number of nitrogens with zero attached hydrogens (tertiary/aromatic N) is 2. The molecule has 4 nitrogen and oxygen atoms in total. The summed E-state index contributed by atoms with van der Waals surface area (Å²) in [5.41, 5.74) is 2.21. The van der Waals surface area contributed by atoms with Crippen molar-refractivity contribution in [3.05, 3.63) is 48.0 Å². The van der Waals surface area contributed by atoms with Gasteiger partial charge in [0.05, 0.1) is 18.5 Å². The third kappa shape index (κ3) is 2.78. The number of aryl methyl sites for hydroxylation is 1. The number of imidazole rings is 1. The SMILES string of the molecule is Cc1ncc(CNC(C)CO)n1-c1ccccc1. The van der Waals surface area contributed by atoms with Crippen LogP contribution in [-0.2, 0) is 6.54 Å². The normalized spacial score (nSPS) is 12.6. The zero-order chi connectivity index (χ0) is 13.0. The van der Waals surface area contributed by atoms with Crippen LogP contribution in [0.4, 0.5) is 0 Å². The summed E-state index contributed by atoms with van der Waals surface area (Å²) in [6.45, 7) is 4.78. The molecule has 4 heteroatoms. The Bertz CT molecular complexity index is 493. The van der Waals surface area contributed by atoms with Crippen LogP contribution in [0.2, 0.25) is 0 Å². The minimum atomic E-state index is 0.0874. The van der Waals surface area contributed by atoms with Crippen molar-refractivity contribution in [1.82, 2.24) is 14.9 Å². The number of hydrogen-bond acceptors (Lipinski definition) is 3. The van der Waals surface area contributed by atoms with E-state index in [2.05, 4.69) is 27.0 Å². The molecular formula is C14H19N3O. The Morgan fingerprint density at radius 3 is 2.72 bits per heavy atom. The molecule has 1 aromatic carbocycles. The predicted molar refractivity (Wildman–Crippen MR) is 71.7 cm³/mol. The molecule has 2 N–H and O–H groups in total. The van der Waals surface area contributed by atoms with Crippen molar-refractivity contribution in [2.24, 2.45) is 0 Å². The number of rotatable bonds is 5. The Labute approximate surface area is 107 Å². The molecule has 1 unspecified atom stereocenters. The molecule has 2 rings (SSSR count). The molecule has 18 heavy (non-hydrogen) atoms. The second-order valence-electron chi connectivity index (χ2n) is 4.43. The lowest BCUT2D eigenvalue weighted by atomic mass is 10.3. The molecule has 0 fully saturated rings. The van der Waals surface area contributed by atoms with Gasteiger partial charge in [-0.25, -0.2) is 4.98 Å². The Morgan fingerprint density at radius 2 is 2.06 bits per heavy atom. The van der Waals surface area contributed by atoms with Crippen molar-refractivity contribution in [2.75, 3.05) is 6.61 Å². The van der Waals surface area contributed by atoms with Crippen LogP contribution >= 0.6 is 0 Å². The fraction of sp³-hybridized carbons (Fsp3) is 0.357. The van der Waals surface area contributed by atoms with Gasteiger partial charge in [0.15, 0.2) is 0 Å². The molecule has 0 bridgehead atoms. The number of aliphatic hydroxyl groups excluding tert-OH is 1. The summed E-state index contributed by atoms with van der Waals surface area (Å²) in [5, 5.41) is 12.3. The second kappa shape index (κ2) is 5.80. The molecule has 1 atom stereocenters. The standard InChI is InChI=1S/C14H19N3O/c1-11(10-18)15-8-14-9-16-12(2)17(14)13-6-4-3-5-7-13/h3-7,9,11,15,18H,8,10H2,1-2H3. The second-order valence-corrected chi connectivity index (χ2v) is 4.43. The van der Waals surface area contributed by atoms with E-state index in [4.69, 9.17) is 5.11 Å². The molecule has 0 aliphatic rings. The highest BCUT2D eigenvalue weighted by Gasteiger charge is 2.09. The van der Waals surface area contributed by atoms with Gasteiger partial charge in [-0.15, -0.1) is 0 Å². The average Bonchev–Trinajstić information content (AvgIpc) is 2.78. The van der Waals surface area contributed by atoms with Crippen molar-refractivity contribution in [1.29, 1.82) is 0 Å². The first-order valence-corrected chi connectivity index (χ1v) is 6.15. The first-order chi connectivity index (χ1) is 8.72. The maximum atomic E-state index is 9.02. The zero-order valence-electron chi connectivity index (χ0n) is 10.8. The highest BCUT2D eigenvalue weighted by Crippen LogP contribution is 2.14. The molecular weight excluding hydrogens is 226 g/mol. The lowest BCUT2D eigenvalue weighted by Gasteiger charge is -2.13. The van der Waals surface area contributed by atoms with Gasteiger partial charge >= 0.3 is 0 Å². The lowest BCUT2D eigenvalue weighted by molar-refractivity contribution is 0.250. The van der Waals surface area contributed by atoms with Crippen molar-refractivity contribution in [3.63, 3.8) is 0 Å². The molecule has 2 aromatic rings. The topological polar surface area (TPSA) is 50.1 Å². The lowest BCUT2D eigenvalue weighted by Crippen LogP contribution is -2.29. The van der Waals surface area contributed by atoms with Crippen molar-refractivity contribution in [2.45, 2.75) is 26.4 Å². The number of nitrogens with one attached hydrogen (secondary N) is 1. The largest absolute Gasteiger partial charge is 0.395 e. The van der Waals surface area contributed by atoms with E-state index in [1.54, 1.807) is 0 Å². The van der Waals surface area contributed by atoms with E-state index in [-0.39, 0.29) is 12.6 Å². The van der Waals surface area contributed by atoms with E-state index in [0.717, 1.165) is 17.2 Å². The summed E-state index contributed by atoms with van der Waals surface area (Å²) in [6, 6.07) is 10.2. The Kier molecular flexibility index (Phi) is 4.12. The van der Waals surface area contributed by atoms with Crippen molar-refractivity contribution < 1.29 is 5.11 Å². The Morgan fingerprint density at radius 1 is 1.33 bits per heavy atom. The van der Waals surface area contributed by atoms with E-state index >= 15 is 0 Å². The van der Waals surface area contributed by atoms with Crippen LogP contribution in [0.25, 0.3) is 5.69 Å². The molecule has 0 amide bonds. The molecule has 96 valence electrons. The minimum Gasteiger partial charge on any atom is -0.395 e. The molecule has 1 heterocycles. The van der Waals surface area contributed by atoms with Gasteiger partial charge in [-0.2, -0.15) is 0 Å². The molecule has 0 radical (unpaired) electrons.